The Morgan fingerprint density at radius 3 is 2.79 bits per heavy atom. The molecule has 6 nitrogen and oxygen atoms in total. The summed E-state index contributed by atoms with van der Waals surface area (Å²) in [6.07, 6.45) is 4.80. The van der Waals surface area contributed by atoms with Crippen molar-refractivity contribution in [3.8, 4) is 0 Å². The average molecular weight is 329 g/mol. The molecule has 1 aromatic carbocycles. The van der Waals surface area contributed by atoms with Gasteiger partial charge in [-0.2, -0.15) is 5.10 Å². The summed E-state index contributed by atoms with van der Waals surface area (Å²) in [5.41, 5.74) is 2.00. The van der Waals surface area contributed by atoms with Gasteiger partial charge in [-0.15, -0.1) is 0 Å². The molecule has 1 aromatic heterocycles. The minimum absolute atomic E-state index is 0.0148. The number of hydrogen-bond donors (Lipinski definition) is 2. The first-order chi connectivity index (χ1) is 11.6. The van der Waals surface area contributed by atoms with Gasteiger partial charge in [0.05, 0.1) is 24.9 Å². The minimum atomic E-state index is -0.264. The molecule has 0 aliphatic heterocycles. The van der Waals surface area contributed by atoms with Crippen LogP contribution < -0.4 is 5.32 Å². The highest BCUT2D eigenvalue weighted by Crippen LogP contribution is 2.37. The standard InChI is InChI=1S/C18H23N3O3/c1-21-10-15(9-19-21)18(14-7-16(22)8-14)20-17(23)12-24-11-13-5-3-2-4-6-13/h2-6,9-10,14,16,18,22H,7-8,11-12H2,1H3,(H,20,23). The van der Waals surface area contributed by atoms with Crippen LogP contribution in [0.2, 0.25) is 0 Å². The van der Waals surface area contributed by atoms with E-state index in [9.17, 15) is 9.90 Å². The third-order valence-electron chi connectivity index (χ3n) is 4.37. The van der Waals surface area contributed by atoms with Gasteiger partial charge in [0, 0.05) is 18.8 Å². The minimum Gasteiger partial charge on any atom is -0.393 e. The summed E-state index contributed by atoms with van der Waals surface area (Å²) in [5.74, 6) is 0.0865. The molecule has 24 heavy (non-hydrogen) atoms. The van der Waals surface area contributed by atoms with Gasteiger partial charge in [0.25, 0.3) is 0 Å². The fourth-order valence-corrected chi connectivity index (χ4v) is 3.03. The molecule has 3 rings (SSSR count). The molecular formula is C18H23N3O3. The maximum Gasteiger partial charge on any atom is 0.246 e. The number of hydrogen-bond acceptors (Lipinski definition) is 4. The van der Waals surface area contributed by atoms with Crippen LogP contribution in [0.4, 0.5) is 0 Å². The van der Waals surface area contributed by atoms with Crippen LogP contribution in [0, 0.1) is 5.92 Å². The van der Waals surface area contributed by atoms with Crippen LogP contribution in [-0.4, -0.2) is 33.5 Å². The second-order valence-corrected chi connectivity index (χ2v) is 6.36. The van der Waals surface area contributed by atoms with Crippen molar-refractivity contribution in [1.29, 1.82) is 0 Å². The topological polar surface area (TPSA) is 76.4 Å². The maximum atomic E-state index is 12.2. The first kappa shape index (κ1) is 16.7. The molecule has 6 heteroatoms. The number of nitrogens with zero attached hydrogens (tertiary/aromatic N) is 2. The van der Waals surface area contributed by atoms with E-state index in [0.29, 0.717) is 19.4 Å². The number of carbonyl (C=O) groups is 1. The molecule has 0 bridgehead atoms. The fourth-order valence-electron chi connectivity index (χ4n) is 3.03. The summed E-state index contributed by atoms with van der Waals surface area (Å²) in [6, 6.07) is 9.63. The Morgan fingerprint density at radius 2 is 2.17 bits per heavy atom. The summed E-state index contributed by atoms with van der Waals surface area (Å²) in [5, 5.41) is 16.8. The summed E-state index contributed by atoms with van der Waals surface area (Å²) < 4.78 is 7.21. The van der Waals surface area contributed by atoms with Crippen molar-refractivity contribution >= 4 is 5.91 Å². The lowest BCUT2D eigenvalue weighted by molar-refractivity contribution is -0.128. The van der Waals surface area contributed by atoms with E-state index in [1.807, 2.05) is 43.6 Å². The van der Waals surface area contributed by atoms with Gasteiger partial charge in [-0.05, 0) is 24.3 Å². The number of amides is 1. The van der Waals surface area contributed by atoms with Crippen molar-refractivity contribution < 1.29 is 14.6 Å². The van der Waals surface area contributed by atoms with Crippen molar-refractivity contribution in [2.24, 2.45) is 13.0 Å². The Morgan fingerprint density at radius 1 is 1.42 bits per heavy atom. The number of aliphatic hydroxyl groups excluding tert-OH is 1. The van der Waals surface area contributed by atoms with Crippen molar-refractivity contribution in [2.75, 3.05) is 6.61 Å². The molecule has 1 unspecified atom stereocenters. The van der Waals surface area contributed by atoms with Gasteiger partial charge < -0.3 is 15.2 Å². The third-order valence-corrected chi connectivity index (χ3v) is 4.37. The molecule has 1 aliphatic carbocycles. The Balaban J connectivity index is 1.53. The molecule has 1 atom stereocenters. The largest absolute Gasteiger partial charge is 0.393 e. The Labute approximate surface area is 141 Å². The quantitative estimate of drug-likeness (QED) is 0.808. The highest BCUT2D eigenvalue weighted by Gasteiger charge is 2.36. The number of benzene rings is 1. The Hall–Kier alpha value is -2.18. The number of aryl methyl sites for hydroxylation is 1. The number of aliphatic hydroxyl groups is 1. The highest BCUT2D eigenvalue weighted by atomic mass is 16.5. The average Bonchev–Trinajstić information content (AvgIpc) is 2.97. The van der Waals surface area contributed by atoms with Gasteiger partial charge in [0.2, 0.25) is 5.91 Å². The number of rotatable bonds is 7. The lowest BCUT2D eigenvalue weighted by Crippen LogP contribution is -2.42. The third kappa shape index (κ3) is 4.21. The summed E-state index contributed by atoms with van der Waals surface area (Å²) in [6.45, 7) is 0.425. The molecule has 128 valence electrons. The normalized spacial score (nSPS) is 21.1. The van der Waals surface area contributed by atoms with E-state index in [1.54, 1.807) is 10.9 Å². The lowest BCUT2D eigenvalue weighted by Gasteiger charge is -2.37. The van der Waals surface area contributed by atoms with Gasteiger partial charge in [0.1, 0.15) is 6.61 Å². The van der Waals surface area contributed by atoms with E-state index in [2.05, 4.69) is 10.4 Å². The molecule has 2 N–H and O–H groups in total. The first-order valence-corrected chi connectivity index (χ1v) is 8.19. The zero-order valence-corrected chi connectivity index (χ0v) is 13.8. The maximum absolute atomic E-state index is 12.2. The van der Waals surface area contributed by atoms with E-state index >= 15 is 0 Å². The second-order valence-electron chi connectivity index (χ2n) is 6.36. The molecule has 1 amide bonds. The summed E-state index contributed by atoms with van der Waals surface area (Å²) in [4.78, 5) is 12.2. The number of aromatic nitrogens is 2. The van der Waals surface area contributed by atoms with Crippen molar-refractivity contribution in [1.82, 2.24) is 15.1 Å². The van der Waals surface area contributed by atoms with Crippen molar-refractivity contribution in [3.05, 3.63) is 53.9 Å². The molecule has 0 spiro atoms. The van der Waals surface area contributed by atoms with Crippen LogP contribution in [-0.2, 0) is 23.2 Å². The van der Waals surface area contributed by atoms with Gasteiger partial charge in [-0.25, -0.2) is 0 Å². The Kier molecular flexibility index (Phi) is 5.27. The molecule has 0 saturated heterocycles. The van der Waals surface area contributed by atoms with Crippen molar-refractivity contribution in [2.45, 2.75) is 31.6 Å². The zero-order chi connectivity index (χ0) is 16.9. The number of carbonyl (C=O) groups excluding carboxylic acids is 1. The predicted octanol–water partition coefficient (Wildman–Crippen LogP) is 1.57. The smallest absolute Gasteiger partial charge is 0.246 e. The monoisotopic (exact) mass is 329 g/mol. The van der Waals surface area contributed by atoms with E-state index in [4.69, 9.17) is 4.74 Å². The molecular weight excluding hydrogens is 306 g/mol. The van der Waals surface area contributed by atoms with E-state index in [-0.39, 0.29) is 30.6 Å². The summed E-state index contributed by atoms with van der Waals surface area (Å²) >= 11 is 0. The van der Waals surface area contributed by atoms with E-state index in [1.165, 1.54) is 0 Å². The van der Waals surface area contributed by atoms with E-state index < -0.39 is 0 Å². The highest BCUT2D eigenvalue weighted by molar-refractivity contribution is 5.77. The second kappa shape index (κ2) is 7.59. The number of ether oxygens (including phenoxy) is 1. The van der Waals surface area contributed by atoms with Crippen LogP contribution in [0.25, 0.3) is 0 Å². The van der Waals surface area contributed by atoms with Crippen LogP contribution >= 0.6 is 0 Å². The Bertz CT molecular complexity index is 665. The summed E-state index contributed by atoms with van der Waals surface area (Å²) in [7, 11) is 1.85. The fraction of sp³-hybridized carbons (Fsp3) is 0.444. The van der Waals surface area contributed by atoms with Gasteiger partial charge in [-0.3, -0.25) is 9.48 Å². The van der Waals surface area contributed by atoms with Crippen LogP contribution in [0.5, 0.6) is 0 Å². The number of nitrogens with one attached hydrogen (secondary N) is 1. The molecule has 1 aliphatic rings. The van der Waals surface area contributed by atoms with Crippen molar-refractivity contribution in [3.63, 3.8) is 0 Å². The SMILES string of the molecule is Cn1cc(C(NC(=O)COCc2ccccc2)C2CC(O)C2)cn1. The molecule has 1 fully saturated rings. The first-order valence-electron chi connectivity index (χ1n) is 8.19. The van der Waals surface area contributed by atoms with Gasteiger partial charge in [0.15, 0.2) is 0 Å². The molecule has 0 radical (unpaired) electrons. The zero-order valence-electron chi connectivity index (χ0n) is 13.8. The molecule has 1 saturated carbocycles. The predicted molar refractivity (Wildman–Crippen MR) is 88.9 cm³/mol. The lowest BCUT2D eigenvalue weighted by atomic mass is 9.75. The van der Waals surface area contributed by atoms with Crippen LogP contribution in [0.1, 0.15) is 30.0 Å². The van der Waals surface area contributed by atoms with E-state index in [0.717, 1.165) is 11.1 Å². The molecule has 1 heterocycles. The van der Waals surface area contributed by atoms with Gasteiger partial charge in [-0.1, -0.05) is 30.3 Å². The van der Waals surface area contributed by atoms with Crippen LogP contribution in [0.3, 0.4) is 0 Å². The van der Waals surface area contributed by atoms with Gasteiger partial charge >= 0.3 is 0 Å². The molecule has 2 aromatic rings. The van der Waals surface area contributed by atoms with Crippen LogP contribution in [0.15, 0.2) is 42.7 Å².